The molecular formula is C25H38O2. The second-order valence-corrected chi connectivity index (χ2v) is 9.97. The molecule has 2 heteroatoms. The van der Waals surface area contributed by atoms with E-state index < -0.39 is 5.97 Å². The van der Waals surface area contributed by atoms with Crippen molar-refractivity contribution in [2.45, 2.75) is 79.6 Å². The summed E-state index contributed by atoms with van der Waals surface area (Å²) < 4.78 is 0. The molecule has 0 aromatic carbocycles. The summed E-state index contributed by atoms with van der Waals surface area (Å²) in [5.41, 5.74) is 4.85. The summed E-state index contributed by atoms with van der Waals surface area (Å²) in [4.78, 5) is 11.7. The third-order valence-electron chi connectivity index (χ3n) is 8.17. The van der Waals surface area contributed by atoms with Gasteiger partial charge in [-0.25, -0.2) is 0 Å². The number of rotatable bonds is 2. The van der Waals surface area contributed by atoms with E-state index in [9.17, 15) is 9.90 Å². The molecule has 150 valence electrons. The Morgan fingerprint density at radius 3 is 2.63 bits per heavy atom. The van der Waals surface area contributed by atoms with Crippen LogP contribution >= 0.6 is 0 Å². The maximum atomic E-state index is 11.7. The molecule has 0 aromatic rings. The molecule has 27 heavy (non-hydrogen) atoms. The molecule has 2 nitrogen and oxygen atoms in total. The number of carboxylic acids is 1. The fraction of sp³-hybridized carbons (Fsp3) is 0.720. The van der Waals surface area contributed by atoms with Gasteiger partial charge in [0.15, 0.2) is 0 Å². The summed E-state index contributed by atoms with van der Waals surface area (Å²) in [7, 11) is 0. The topological polar surface area (TPSA) is 37.3 Å². The SMILES string of the molecule is CC1=CC[C@]2(C)CC[C@@H]([C@H](C)C(=O)O)[C@H]2CC=C(C)[C@@H]2CC[C@H](C)C2=CC1. The highest BCUT2D eigenvalue weighted by molar-refractivity contribution is 5.70. The average molecular weight is 371 g/mol. The van der Waals surface area contributed by atoms with Gasteiger partial charge in [0.1, 0.15) is 0 Å². The van der Waals surface area contributed by atoms with E-state index in [0.29, 0.717) is 23.7 Å². The molecule has 0 bridgehead atoms. The number of hydrogen-bond acceptors (Lipinski definition) is 1. The van der Waals surface area contributed by atoms with Crippen LogP contribution in [0.15, 0.2) is 34.9 Å². The second kappa shape index (κ2) is 7.97. The van der Waals surface area contributed by atoms with Gasteiger partial charge in [-0.3, -0.25) is 4.79 Å². The van der Waals surface area contributed by atoms with Crippen molar-refractivity contribution in [1.82, 2.24) is 0 Å². The molecule has 0 heterocycles. The minimum atomic E-state index is -0.627. The highest BCUT2D eigenvalue weighted by Crippen LogP contribution is 2.54. The van der Waals surface area contributed by atoms with E-state index in [2.05, 4.69) is 45.9 Å². The number of fused-ring (bicyclic) bond motifs is 2. The Hall–Kier alpha value is -1.31. The van der Waals surface area contributed by atoms with Crippen molar-refractivity contribution >= 4 is 5.97 Å². The molecule has 3 aliphatic rings. The number of hydrogen-bond donors (Lipinski definition) is 1. The Bertz CT molecular complexity index is 668. The van der Waals surface area contributed by atoms with Gasteiger partial charge >= 0.3 is 5.97 Å². The fourth-order valence-corrected chi connectivity index (χ4v) is 6.05. The summed E-state index contributed by atoms with van der Waals surface area (Å²) in [6.07, 6.45) is 15.4. The average Bonchev–Trinajstić information content (AvgIpc) is 3.15. The molecule has 2 fully saturated rings. The van der Waals surface area contributed by atoms with E-state index in [1.807, 2.05) is 6.92 Å². The van der Waals surface area contributed by atoms with Gasteiger partial charge in [-0.2, -0.15) is 0 Å². The van der Waals surface area contributed by atoms with Gasteiger partial charge < -0.3 is 5.11 Å². The molecule has 1 N–H and O–H groups in total. The quantitative estimate of drug-likeness (QED) is 0.543. The van der Waals surface area contributed by atoms with E-state index in [4.69, 9.17) is 0 Å². The minimum absolute atomic E-state index is 0.223. The van der Waals surface area contributed by atoms with E-state index in [-0.39, 0.29) is 11.3 Å². The van der Waals surface area contributed by atoms with Crippen LogP contribution in [-0.2, 0) is 4.79 Å². The van der Waals surface area contributed by atoms with Gasteiger partial charge in [0, 0.05) is 5.92 Å². The van der Waals surface area contributed by atoms with Crippen molar-refractivity contribution < 1.29 is 9.90 Å². The van der Waals surface area contributed by atoms with Gasteiger partial charge in [-0.15, -0.1) is 0 Å². The van der Waals surface area contributed by atoms with Crippen molar-refractivity contribution in [3.63, 3.8) is 0 Å². The van der Waals surface area contributed by atoms with Crippen LogP contribution < -0.4 is 0 Å². The van der Waals surface area contributed by atoms with E-state index >= 15 is 0 Å². The summed E-state index contributed by atoms with van der Waals surface area (Å²) >= 11 is 0. The molecule has 0 aromatic heterocycles. The molecule has 0 spiro atoms. The Morgan fingerprint density at radius 1 is 1.19 bits per heavy atom. The molecule has 0 unspecified atom stereocenters. The lowest BCUT2D eigenvalue weighted by molar-refractivity contribution is -0.143. The Kier molecular flexibility index (Phi) is 6.03. The summed E-state index contributed by atoms with van der Waals surface area (Å²) in [6.45, 7) is 11.3. The highest BCUT2D eigenvalue weighted by Gasteiger charge is 2.47. The molecule has 2 saturated carbocycles. The smallest absolute Gasteiger partial charge is 0.306 e. The van der Waals surface area contributed by atoms with Gasteiger partial charge in [0.2, 0.25) is 0 Å². The number of carboxylic acid groups (broad SMARTS) is 1. The van der Waals surface area contributed by atoms with Crippen LogP contribution in [0.2, 0.25) is 0 Å². The fourth-order valence-electron chi connectivity index (χ4n) is 6.05. The predicted octanol–water partition coefficient (Wildman–Crippen LogP) is 6.79. The lowest BCUT2D eigenvalue weighted by Gasteiger charge is -2.35. The third-order valence-corrected chi connectivity index (χ3v) is 8.17. The number of aliphatic carboxylic acids is 1. The van der Waals surface area contributed by atoms with Crippen LogP contribution in [0.5, 0.6) is 0 Å². The first-order valence-electron chi connectivity index (χ1n) is 11.0. The Labute approximate surface area is 165 Å². The van der Waals surface area contributed by atoms with Crippen LogP contribution in [0, 0.1) is 35.0 Å². The molecule has 0 radical (unpaired) electrons. The molecular weight excluding hydrogens is 332 g/mol. The van der Waals surface area contributed by atoms with E-state index in [1.165, 1.54) is 24.0 Å². The van der Waals surface area contributed by atoms with Gasteiger partial charge in [-0.05, 0) is 82.0 Å². The van der Waals surface area contributed by atoms with Gasteiger partial charge in [-0.1, -0.05) is 55.7 Å². The van der Waals surface area contributed by atoms with Gasteiger partial charge in [0.25, 0.3) is 0 Å². The minimum Gasteiger partial charge on any atom is -0.481 e. The first-order chi connectivity index (χ1) is 12.7. The normalized spacial score (nSPS) is 38.5. The van der Waals surface area contributed by atoms with Crippen molar-refractivity contribution in [3.8, 4) is 0 Å². The third kappa shape index (κ3) is 4.10. The predicted molar refractivity (Wildman–Crippen MR) is 112 cm³/mol. The van der Waals surface area contributed by atoms with Crippen LogP contribution in [0.4, 0.5) is 0 Å². The summed E-state index contributed by atoms with van der Waals surface area (Å²) in [5, 5.41) is 9.64. The zero-order valence-corrected chi connectivity index (χ0v) is 17.9. The van der Waals surface area contributed by atoms with Gasteiger partial charge in [0.05, 0.1) is 5.92 Å². The summed E-state index contributed by atoms with van der Waals surface area (Å²) in [6, 6.07) is 0. The van der Waals surface area contributed by atoms with Crippen molar-refractivity contribution in [1.29, 1.82) is 0 Å². The van der Waals surface area contributed by atoms with E-state index in [0.717, 1.165) is 32.1 Å². The Balaban J connectivity index is 1.96. The lowest BCUT2D eigenvalue weighted by atomic mass is 9.69. The summed E-state index contributed by atoms with van der Waals surface area (Å²) in [5.74, 6) is 1.20. The molecule has 0 saturated heterocycles. The Morgan fingerprint density at radius 2 is 1.93 bits per heavy atom. The largest absolute Gasteiger partial charge is 0.481 e. The monoisotopic (exact) mass is 370 g/mol. The van der Waals surface area contributed by atoms with Crippen molar-refractivity contribution in [2.75, 3.05) is 0 Å². The standard InChI is InChI=1S/C25H38O2/c1-16-6-9-20-17(2)7-10-21(20)18(3)8-11-23-22(19(4)24(26)27)13-15-25(23,5)14-12-16/h8-9,12,17,19,21-23H,6-7,10-11,13-15H2,1-5H3,(H,26,27)/t17-,19-,21-,22-,23+,25+/m0/s1. The van der Waals surface area contributed by atoms with Crippen LogP contribution in [-0.4, -0.2) is 11.1 Å². The zero-order valence-electron chi connectivity index (χ0n) is 17.9. The number of allylic oxidation sites excluding steroid dienone is 6. The van der Waals surface area contributed by atoms with Crippen molar-refractivity contribution in [2.24, 2.45) is 35.0 Å². The molecule has 0 aliphatic heterocycles. The van der Waals surface area contributed by atoms with Crippen LogP contribution in [0.1, 0.15) is 79.6 Å². The maximum Gasteiger partial charge on any atom is 0.306 e. The van der Waals surface area contributed by atoms with Crippen LogP contribution in [0.3, 0.4) is 0 Å². The molecule has 3 rings (SSSR count). The first kappa shape index (κ1) is 20.4. The maximum absolute atomic E-state index is 11.7. The number of carbonyl (C=O) groups is 1. The first-order valence-corrected chi connectivity index (χ1v) is 11.0. The zero-order chi connectivity index (χ0) is 19.8. The van der Waals surface area contributed by atoms with Crippen LogP contribution in [0.25, 0.3) is 0 Å². The lowest BCUT2D eigenvalue weighted by Crippen LogP contribution is -2.30. The molecule has 6 atom stereocenters. The molecule has 3 aliphatic carbocycles. The van der Waals surface area contributed by atoms with E-state index in [1.54, 1.807) is 5.57 Å². The highest BCUT2D eigenvalue weighted by atomic mass is 16.4. The molecule has 0 amide bonds. The second-order valence-electron chi connectivity index (χ2n) is 9.97. The van der Waals surface area contributed by atoms with Crippen molar-refractivity contribution in [3.05, 3.63) is 34.9 Å².